The summed E-state index contributed by atoms with van der Waals surface area (Å²) in [6, 6.07) is 16.2. The van der Waals surface area contributed by atoms with Crippen LogP contribution in [0, 0.1) is 0 Å². The number of para-hydroxylation sites is 1. The van der Waals surface area contributed by atoms with Crippen LogP contribution < -0.4 is 5.32 Å². The maximum absolute atomic E-state index is 13.0. The second kappa shape index (κ2) is 5.44. The molecule has 0 radical (unpaired) electrons. The Morgan fingerprint density at radius 3 is 2.56 bits per heavy atom. The van der Waals surface area contributed by atoms with E-state index in [-0.39, 0.29) is 12.1 Å². The lowest BCUT2D eigenvalue weighted by Crippen LogP contribution is -2.44. The molecule has 2 heterocycles. The van der Waals surface area contributed by atoms with Gasteiger partial charge in [0.05, 0.1) is 11.3 Å². The minimum absolute atomic E-state index is 0.113. The molecule has 1 aromatic heterocycles. The number of carbonyl (C=O) groups excluding carboxylic acids is 1. The zero-order chi connectivity index (χ0) is 16.8. The Hall–Kier alpha value is -3.15. The smallest absolute Gasteiger partial charge is 0.258 e. The normalized spacial score (nSPS) is 19.4. The molecule has 1 amide bonds. The van der Waals surface area contributed by atoms with Crippen molar-refractivity contribution in [1.82, 2.24) is 19.7 Å². The highest BCUT2D eigenvalue weighted by Gasteiger charge is 2.41. The molecule has 2 aromatic carbocycles. The van der Waals surface area contributed by atoms with Gasteiger partial charge in [-0.15, -0.1) is 0 Å². The summed E-state index contributed by atoms with van der Waals surface area (Å²) in [7, 11) is 0. The standard InChI is InChI=1S/C19H17N5O/c25-19-16-3-1-2-4-17(16)22-18(24(19)15-9-10-15)13-5-7-14(8-6-13)23-12-20-11-21-23/h1-8,11-12,15,18,22H,9-10H2. The highest BCUT2D eigenvalue weighted by Crippen LogP contribution is 2.40. The molecule has 1 unspecified atom stereocenters. The molecule has 0 spiro atoms. The monoisotopic (exact) mass is 331 g/mol. The number of hydrogen-bond donors (Lipinski definition) is 1. The third-order valence-electron chi connectivity index (χ3n) is 4.79. The van der Waals surface area contributed by atoms with Crippen molar-refractivity contribution in [2.75, 3.05) is 5.32 Å². The van der Waals surface area contributed by atoms with E-state index >= 15 is 0 Å². The summed E-state index contributed by atoms with van der Waals surface area (Å²) >= 11 is 0. The molecule has 1 atom stereocenters. The van der Waals surface area contributed by atoms with E-state index < -0.39 is 0 Å². The molecule has 1 aliphatic heterocycles. The molecule has 3 aromatic rings. The summed E-state index contributed by atoms with van der Waals surface area (Å²) in [5.41, 5.74) is 3.67. The zero-order valence-electron chi connectivity index (χ0n) is 13.5. The van der Waals surface area contributed by atoms with Crippen LogP contribution in [0.3, 0.4) is 0 Å². The molecule has 124 valence electrons. The third kappa shape index (κ3) is 2.38. The molecule has 2 aliphatic rings. The number of aromatic nitrogens is 3. The van der Waals surface area contributed by atoms with E-state index in [0.717, 1.165) is 35.3 Å². The first-order valence-electron chi connectivity index (χ1n) is 8.44. The number of hydrogen-bond acceptors (Lipinski definition) is 4. The van der Waals surface area contributed by atoms with Gasteiger partial charge in [0, 0.05) is 11.7 Å². The molecule has 25 heavy (non-hydrogen) atoms. The number of nitrogens with one attached hydrogen (secondary N) is 1. The summed E-state index contributed by atoms with van der Waals surface area (Å²) in [5.74, 6) is 0.113. The average molecular weight is 331 g/mol. The number of benzene rings is 2. The topological polar surface area (TPSA) is 63.1 Å². The number of carbonyl (C=O) groups is 1. The Bertz CT molecular complexity index is 915. The van der Waals surface area contributed by atoms with Crippen molar-refractivity contribution in [1.29, 1.82) is 0 Å². The van der Waals surface area contributed by atoms with Crippen LogP contribution in [-0.2, 0) is 0 Å². The third-order valence-corrected chi connectivity index (χ3v) is 4.79. The molecular weight excluding hydrogens is 314 g/mol. The molecule has 5 rings (SSSR count). The van der Waals surface area contributed by atoms with Gasteiger partial charge in [-0.25, -0.2) is 9.67 Å². The van der Waals surface area contributed by atoms with Crippen LogP contribution in [0.1, 0.15) is 34.9 Å². The first kappa shape index (κ1) is 14.2. The number of anilines is 1. The van der Waals surface area contributed by atoms with Gasteiger partial charge in [0.25, 0.3) is 5.91 Å². The van der Waals surface area contributed by atoms with Gasteiger partial charge in [-0.3, -0.25) is 4.79 Å². The van der Waals surface area contributed by atoms with Crippen LogP contribution in [0.4, 0.5) is 5.69 Å². The second-order valence-corrected chi connectivity index (χ2v) is 6.47. The lowest BCUT2D eigenvalue weighted by atomic mass is 10.0. The van der Waals surface area contributed by atoms with Crippen LogP contribution in [0.2, 0.25) is 0 Å². The number of amides is 1. The quantitative estimate of drug-likeness (QED) is 0.801. The van der Waals surface area contributed by atoms with Gasteiger partial charge in [0.2, 0.25) is 0 Å². The average Bonchev–Trinajstić information content (AvgIpc) is 3.34. The van der Waals surface area contributed by atoms with Gasteiger partial charge >= 0.3 is 0 Å². The van der Waals surface area contributed by atoms with Gasteiger partial charge in [-0.1, -0.05) is 24.3 Å². The lowest BCUT2D eigenvalue weighted by molar-refractivity contribution is 0.0666. The van der Waals surface area contributed by atoms with E-state index in [1.54, 1.807) is 11.0 Å². The second-order valence-electron chi connectivity index (χ2n) is 6.47. The van der Waals surface area contributed by atoms with E-state index in [1.165, 1.54) is 6.33 Å². The zero-order valence-corrected chi connectivity index (χ0v) is 13.5. The van der Waals surface area contributed by atoms with E-state index in [0.29, 0.717) is 6.04 Å². The molecule has 1 N–H and O–H groups in total. The maximum atomic E-state index is 13.0. The molecule has 0 saturated heterocycles. The molecule has 0 bridgehead atoms. The number of nitrogens with zero attached hydrogens (tertiary/aromatic N) is 4. The van der Waals surface area contributed by atoms with E-state index in [4.69, 9.17) is 0 Å². The Balaban J connectivity index is 1.52. The fourth-order valence-electron chi connectivity index (χ4n) is 3.39. The minimum atomic E-state index is -0.139. The van der Waals surface area contributed by atoms with Gasteiger partial charge in [0.15, 0.2) is 0 Å². The fraction of sp³-hybridized carbons (Fsp3) is 0.211. The lowest BCUT2D eigenvalue weighted by Gasteiger charge is -2.38. The van der Waals surface area contributed by atoms with E-state index in [9.17, 15) is 4.79 Å². The summed E-state index contributed by atoms with van der Waals surface area (Å²) < 4.78 is 1.72. The van der Waals surface area contributed by atoms with Crippen molar-refractivity contribution >= 4 is 11.6 Å². The molecule has 6 nitrogen and oxygen atoms in total. The predicted octanol–water partition coefficient (Wildman–Crippen LogP) is 3.00. The first-order chi connectivity index (χ1) is 12.3. The Kier molecular flexibility index (Phi) is 3.09. The Morgan fingerprint density at radius 1 is 1.04 bits per heavy atom. The largest absolute Gasteiger partial charge is 0.361 e. The molecule has 1 saturated carbocycles. The van der Waals surface area contributed by atoms with Crippen LogP contribution in [0.25, 0.3) is 5.69 Å². The highest BCUT2D eigenvalue weighted by molar-refractivity contribution is 6.02. The predicted molar refractivity (Wildman–Crippen MR) is 93.4 cm³/mol. The van der Waals surface area contributed by atoms with Crippen molar-refractivity contribution in [3.05, 3.63) is 72.3 Å². The SMILES string of the molecule is O=C1c2ccccc2NC(c2ccc(-n3cncn3)cc2)N1C1CC1. The van der Waals surface area contributed by atoms with Crippen LogP contribution in [0.15, 0.2) is 61.2 Å². The number of rotatable bonds is 3. The summed E-state index contributed by atoms with van der Waals surface area (Å²) in [6.45, 7) is 0. The van der Waals surface area contributed by atoms with Gasteiger partial charge in [-0.05, 0) is 42.7 Å². The first-order valence-corrected chi connectivity index (χ1v) is 8.44. The van der Waals surface area contributed by atoms with Gasteiger partial charge in [0.1, 0.15) is 18.8 Å². The van der Waals surface area contributed by atoms with Crippen molar-refractivity contribution in [2.45, 2.75) is 25.0 Å². The molecule has 1 aliphatic carbocycles. The number of fused-ring (bicyclic) bond motifs is 1. The van der Waals surface area contributed by atoms with Crippen molar-refractivity contribution in [3.63, 3.8) is 0 Å². The van der Waals surface area contributed by atoms with Gasteiger partial charge < -0.3 is 10.2 Å². The molecular formula is C19H17N5O. The summed E-state index contributed by atoms with van der Waals surface area (Å²) in [5, 5.41) is 7.69. The minimum Gasteiger partial charge on any atom is -0.361 e. The van der Waals surface area contributed by atoms with Crippen molar-refractivity contribution < 1.29 is 4.79 Å². The fourth-order valence-corrected chi connectivity index (χ4v) is 3.39. The van der Waals surface area contributed by atoms with Crippen molar-refractivity contribution in [3.8, 4) is 5.69 Å². The van der Waals surface area contributed by atoms with Crippen LogP contribution in [-0.4, -0.2) is 31.6 Å². The van der Waals surface area contributed by atoms with Crippen LogP contribution >= 0.6 is 0 Å². The summed E-state index contributed by atoms with van der Waals surface area (Å²) in [4.78, 5) is 19.0. The maximum Gasteiger partial charge on any atom is 0.258 e. The van der Waals surface area contributed by atoms with Crippen molar-refractivity contribution in [2.24, 2.45) is 0 Å². The van der Waals surface area contributed by atoms with Crippen LogP contribution in [0.5, 0.6) is 0 Å². The molecule has 1 fully saturated rings. The highest BCUT2D eigenvalue weighted by atomic mass is 16.2. The Morgan fingerprint density at radius 2 is 1.84 bits per heavy atom. The van der Waals surface area contributed by atoms with E-state index in [2.05, 4.69) is 15.4 Å². The van der Waals surface area contributed by atoms with E-state index in [1.807, 2.05) is 53.4 Å². The summed E-state index contributed by atoms with van der Waals surface area (Å²) in [6.07, 6.45) is 5.19. The van der Waals surface area contributed by atoms with Gasteiger partial charge in [-0.2, -0.15) is 5.10 Å². The Labute approximate surface area is 145 Å². The molecule has 6 heteroatoms.